The second-order valence-corrected chi connectivity index (χ2v) is 12.0. The maximum atomic E-state index is 14.5. The zero-order chi connectivity index (χ0) is 28.3. The average Bonchev–Trinajstić information content (AvgIpc) is 3.43. The van der Waals surface area contributed by atoms with Gasteiger partial charge in [-0.2, -0.15) is 0 Å². The number of aryl methyl sites for hydroxylation is 1. The molecular weight excluding hydrogens is 540 g/mol. The highest BCUT2D eigenvalue weighted by Crippen LogP contribution is 2.39. The number of hydrogen-bond acceptors (Lipinski definition) is 6. The van der Waals surface area contributed by atoms with E-state index in [-0.39, 0.29) is 33.8 Å². The summed E-state index contributed by atoms with van der Waals surface area (Å²) in [5.74, 6) is -1.79. The Labute approximate surface area is 230 Å². The Morgan fingerprint density at radius 3 is 2.55 bits per heavy atom. The minimum Gasteiger partial charge on any atom is -0.454 e. The maximum absolute atomic E-state index is 14.5. The Bertz CT molecular complexity index is 1680. The zero-order valence-electron chi connectivity index (χ0n) is 22.1. The third kappa shape index (κ3) is 6.11. The van der Waals surface area contributed by atoms with Gasteiger partial charge in [-0.1, -0.05) is 0 Å². The van der Waals surface area contributed by atoms with Gasteiger partial charge < -0.3 is 24.3 Å². The molecule has 0 aliphatic carbocycles. The zero-order valence-corrected chi connectivity index (χ0v) is 22.9. The van der Waals surface area contributed by atoms with Gasteiger partial charge in [-0.3, -0.25) is 4.79 Å². The minimum atomic E-state index is -3.68. The van der Waals surface area contributed by atoms with Gasteiger partial charge in [0.1, 0.15) is 17.1 Å². The summed E-state index contributed by atoms with van der Waals surface area (Å²) in [4.78, 5) is 15.6. The highest BCUT2D eigenvalue weighted by atomic mass is 32.2. The monoisotopic (exact) mass is 571 g/mol. The van der Waals surface area contributed by atoms with Gasteiger partial charge in [0.25, 0.3) is 5.56 Å². The Hall–Kier alpha value is -3.54. The van der Waals surface area contributed by atoms with Crippen molar-refractivity contribution in [3.05, 3.63) is 76.8 Å². The van der Waals surface area contributed by atoms with Crippen LogP contribution in [0.5, 0.6) is 11.5 Å². The fourth-order valence-corrected chi connectivity index (χ4v) is 6.28. The van der Waals surface area contributed by atoms with Gasteiger partial charge in [-0.25, -0.2) is 17.2 Å². The van der Waals surface area contributed by atoms with E-state index in [1.165, 1.54) is 22.8 Å². The number of fused-ring (bicyclic) bond motifs is 1. The van der Waals surface area contributed by atoms with Crippen LogP contribution in [-0.4, -0.2) is 49.5 Å². The third-order valence-electron chi connectivity index (χ3n) is 7.06. The van der Waals surface area contributed by atoms with Crippen molar-refractivity contribution < 1.29 is 26.7 Å². The number of aromatic nitrogens is 2. The van der Waals surface area contributed by atoms with E-state index in [4.69, 9.17) is 9.47 Å². The number of benzene rings is 2. The van der Waals surface area contributed by atoms with Crippen molar-refractivity contribution in [2.75, 3.05) is 25.4 Å². The number of piperidine rings is 1. The van der Waals surface area contributed by atoms with Crippen LogP contribution in [0.2, 0.25) is 0 Å². The van der Waals surface area contributed by atoms with E-state index in [0.29, 0.717) is 47.5 Å². The first-order chi connectivity index (χ1) is 19.2. The normalized spacial score (nSPS) is 14.6. The number of rotatable bonds is 10. The molecule has 3 heterocycles. The molecule has 0 radical (unpaired) electrons. The first-order valence-electron chi connectivity index (χ1n) is 13.2. The second kappa shape index (κ2) is 11.9. The number of nitrogens with zero attached hydrogens (tertiary/aromatic N) is 1. The molecule has 212 valence electrons. The molecule has 0 spiro atoms. The van der Waals surface area contributed by atoms with Crippen molar-refractivity contribution in [1.82, 2.24) is 14.9 Å². The number of unbranched alkanes of at least 4 members (excludes halogenated alkanes) is 1. The van der Waals surface area contributed by atoms with Crippen LogP contribution in [-0.2, 0) is 21.6 Å². The van der Waals surface area contributed by atoms with E-state index in [1.807, 2.05) is 0 Å². The van der Waals surface area contributed by atoms with Crippen LogP contribution in [0.1, 0.15) is 25.7 Å². The van der Waals surface area contributed by atoms with Crippen molar-refractivity contribution >= 4 is 20.7 Å². The molecule has 11 heteroatoms. The molecule has 2 N–H and O–H groups in total. The van der Waals surface area contributed by atoms with Gasteiger partial charge >= 0.3 is 0 Å². The van der Waals surface area contributed by atoms with Gasteiger partial charge in [-0.05, 0) is 75.2 Å². The number of H-pyrrole nitrogens is 1. The van der Waals surface area contributed by atoms with E-state index in [9.17, 15) is 22.0 Å². The SMILES string of the molecule is Cn1cc(-c2cc(S(=O)(=O)CCCCOC3CCNCC3)ccc2Oc2ccc(F)cc2F)c2cc[nH]c2c1=O. The highest BCUT2D eigenvalue weighted by Gasteiger charge is 2.21. The number of ether oxygens (including phenoxy) is 2. The van der Waals surface area contributed by atoms with Crippen molar-refractivity contribution in [2.45, 2.75) is 36.7 Å². The molecule has 0 unspecified atom stereocenters. The molecule has 0 atom stereocenters. The fourth-order valence-electron chi connectivity index (χ4n) is 4.89. The lowest BCUT2D eigenvalue weighted by Gasteiger charge is -2.22. The fraction of sp³-hybridized carbons (Fsp3) is 0.345. The topological polar surface area (TPSA) is 102 Å². The van der Waals surface area contributed by atoms with Crippen LogP contribution in [0.25, 0.3) is 22.0 Å². The quantitative estimate of drug-likeness (QED) is 0.262. The van der Waals surface area contributed by atoms with E-state index in [1.54, 1.807) is 25.5 Å². The summed E-state index contributed by atoms with van der Waals surface area (Å²) in [6.45, 7) is 2.37. The molecule has 5 rings (SSSR count). The van der Waals surface area contributed by atoms with Crippen LogP contribution < -0.4 is 15.6 Å². The number of hydrogen-bond donors (Lipinski definition) is 2. The summed E-state index contributed by atoms with van der Waals surface area (Å²) >= 11 is 0. The molecule has 1 fully saturated rings. The number of nitrogens with one attached hydrogen (secondary N) is 2. The minimum absolute atomic E-state index is 0.0678. The van der Waals surface area contributed by atoms with Gasteiger partial charge in [0, 0.05) is 48.6 Å². The Balaban J connectivity index is 1.44. The van der Waals surface area contributed by atoms with Crippen molar-refractivity contribution in [3.8, 4) is 22.6 Å². The Morgan fingerprint density at radius 2 is 1.77 bits per heavy atom. The van der Waals surface area contributed by atoms with Crippen LogP contribution in [0, 0.1) is 11.6 Å². The summed E-state index contributed by atoms with van der Waals surface area (Å²) < 4.78 is 67.7. The molecule has 8 nitrogen and oxygen atoms in total. The highest BCUT2D eigenvalue weighted by molar-refractivity contribution is 7.91. The molecular formula is C29H31F2N3O5S. The summed E-state index contributed by atoms with van der Waals surface area (Å²) in [5.41, 5.74) is 0.940. The predicted molar refractivity (Wildman–Crippen MR) is 149 cm³/mol. The van der Waals surface area contributed by atoms with Crippen LogP contribution in [0.3, 0.4) is 0 Å². The number of aromatic amines is 1. The van der Waals surface area contributed by atoms with Crippen molar-refractivity contribution in [2.24, 2.45) is 7.05 Å². The molecule has 1 aliphatic heterocycles. The molecule has 2 aromatic carbocycles. The van der Waals surface area contributed by atoms with E-state index in [2.05, 4.69) is 10.3 Å². The first kappa shape index (κ1) is 28.0. The molecule has 0 bridgehead atoms. The summed E-state index contributed by atoms with van der Waals surface area (Å²) in [6.07, 6.45) is 6.37. The smallest absolute Gasteiger partial charge is 0.274 e. The van der Waals surface area contributed by atoms with Gasteiger partial charge in [0.05, 0.1) is 16.8 Å². The van der Waals surface area contributed by atoms with Crippen LogP contribution in [0.4, 0.5) is 8.78 Å². The lowest BCUT2D eigenvalue weighted by atomic mass is 10.0. The molecule has 1 saturated heterocycles. The predicted octanol–water partition coefficient (Wildman–Crippen LogP) is 4.93. The second-order valence-electron chi connectivity index (χ2n) is 9.91. The Kier molecular flexibility index (Phi) is 8.34. The summed E-state index contributed by atoms with van der Waals surface area (Å²) in [5, 5.41) is 3.84. The lowest BCUT2D eigenvalue weighted by molar-refractivity contribution is 0.0315. The first-order valence-corrected chi connectivity index (χ1v) is 14.9. The number of pyridine rings is 1. The molecule has 2 aromatic heterocycles. The molecule has 0 saturated carbocycles. The van der Waals surface area contributed by atoms with Crippen molar-refractivity contribution in [1.29, 1.82) is 0 Å². The van der Waals surface area contributed by atoms with Gasteiger partial charge in [0.2, 0.25) is 0 Å². The lowest BCUT2D eigenvalue weighted by Crippen LogP contribution is -2.32. The molecule has 40 heavy (non-hydrogen) atoms. The number of halogens is 2. The van der Waals surface area contributed by atoms with E-state index >= 15 is 0 Å². The van der Waals surface area contributed by atoms with Gasteiger partial charge in [0.15, 0.2) is 21.4 Å². The molecule has 0 amide bonds. The average molecular weight is 572 g/mol. The van der Waals surface area contributed by atoms with Gasteiger partial charge in [-0.15, -0.1) is 0 Å². The van der Waals surface area contributed by atoms with E-state index in [0.717, 1.165) is 38.1 Å². The van der Waals surface area contributed by atoms with E-state index < -0.39 is 21.5 Å². The van der Waals surface area contributed by atoms with Crippen molar-refractivity contribution in [3.63, 3.8) is 0 Å². The van der Waals surface area contributed by atoms with Crippen LogP contribution in [0.15, 0.2) is 64.5 Å². The molecule has 4 aromatic rings. The maximum Gasteiger partial charge on any atom is 0.274 e. The Morgan fingerprint density at radius 1 is 1.00 bits per heavy atom. The van der Waals surface area contributed by atoms with Crippen LogP contribution >= 0.6 is 0 Å². The largest absolute Gasteiger partial charge is 0.454 e. The number of sulfone groups is 1. The third-order valence-corrected chi connectivity index (χ3v) is 8.85. The molecule has 1 aliphatic rings. The standard InChI is InChI=1S/C29H31F2N3O5S/c1-34-18-24(22-10-13-33-28(22)29(34)35)23-17-21(5-7-26(23)39-27-6-4-19(30)16-25(27)31)40(36,37)15-3-2-14-38-20-8-11-32-12-9-20/h4-7,10,13,16-18,20,32-33H,2-3,8-9,11-12,14-15H2,1H3. The summed E-state index contributed by atoms with van der Waals surface area (Å²) in [6, 6.07) is 8.99. The summed E-state index contributed by atoms with van der Waals surface area (Å²) in [7, 11) is -2.10.